The maximum Gasteiger partial charge on any atom is 0.251 e. The molecule has 0 saturated carbocycles. The lowest BCUT2D eigenvalue weighted by molar-refractivity contribution is 0.0913. The number of hydrogen-bond donors (Lipinski definition) is 1. The third-order valence-corrected chi connectivity index (χ3v) is 5.25. The number of methoxy groups -OCH3 is 1. The Balaban J connectivity index is 1.72. The summed E-state index contributed by atoms with van der Waals surface area (Å²) in [5.41, 5.74) is 1.92. The smallest absolute Gasteiger partial charge is 0.251 e. The molecule has 1 saturated heterocycles. The lowest BCUT2D eigenvalue weighted by Gasteiger charge is -2.37. The Morgan fingerprint density at radius 1 is 1.12 bits per heavy atom. The number of carbonyl (C=O) groups excluding carboxylic acids is 1. The minimum atomic E-state index is -0.0190. The third-order valence-electron chi connectivity index (χ3n) is 5.25. The fourth-order valence-corrected chi connectivity index (χ4v) is 3.51. The van der Waals surface area contributed by atoms with Gasteiger partial charge in [-0.2, -0.15) is 0 Å². The highest BCUT2D eigenvalue weighted by Gasteiger charge is 2.25. The first-order valence-electron chi connectivity index (χ1n) is 9.38. The number of rotatable bonds is 6. The Hall–Kier alpha value is -2.33. The van der Waals surface area contributed by atoms with Crippen molar-refractivity contribution < 1.29 is 9.53 Å². The molecule has 0 spiro atoms. The zero-order chi connectivity index (χ0) is 18.4. The molecule has 0 aromatic heterocycles. The molecule has 0 aliphatic carbocycles. The second-order valence-corrected chi connectivity index (χ2v) is 7.08. The van der Waals surface area contributed by atoms with Crippen molar-refractivity contribution in [2.75, 3.05) is 26.7 Å². The Morgan fingerprint density at radius 3 is 2.38 bits per heavy atom. The first-order valence-corrected chi connectivity index (χ1v) is 9.38. The second-order valence-electron chi connectivity index (χ2n) is 7.08. The number of amides is 1. The average Bonchev–Trinajstić information content (AvgIpc) is 2.70. The Labute approximate surface area is 156 Å². The van der Waals surface area contributed by atoms with E-state index < -0.39 is 0 Å². The Morgan fingerprint density at radius 2 is 1.77 bits per heavy atom. The molecule has 4 heteroatoms. The zero-order valence-electron chi connectivity index (χ0n) is 15.7. The number of benzene rings is 2. The molecule has 3 rings (SSSR count). The van der Waals surface area contributed by atoms with Crippen molar-refractivity contribution >= 4 is 5.91 Å². The Bertz CT molecular complexity index is 692. The molecule has 0 bridgehead atoms. The van der Waals surface area contributed by atoms with E-state index in [0.717, 1.165) is 24.8 Å². The summed E-state index contributed by atoms with van der Waals surface area (Å²) < 4.78 is 5.28. The number of nitrogens with one attached hydrogen (secondary N) is 1. The predicted octanol–water partition coefficient (Wildman–Crippen LogP) is 3.90. The van der Waals surface area contributed by atoms with E-state index in [0.29, 0.717) is 12.1 Å². The van der Waals surface area contributed by atoms with Crippen LogP contribution in [0.3, 0.4) is 0 Å². The van der Waals surface area contributed by atoms with Gasteiger partial charge in [-0.05, 0) is 61.7 Å². The molecule has 2 aromatic carbocycles. The van der Waals surface area contributed by atoms with E-state index in [1.54, 1.807) is 7.11 Å². The van der Waals surface area contributed by atoms with Crippen LogP contribution in [0.1, 0.15) is 41.7 Å². The summed E-state index contributed by atoms with van der Waals surface area (Å²) in [4.78, 5) is 15.0. The number of nitrogens with zero attached hydrogens (tertiary/aromatic N) is 1. The van der Waals surface area contributed by atoms with Crippen molar-refractivity contribution in [3.63, 3.8) is 0 Å². The van der Waals surface area contributed by atoms with Crippen LogP contribution in [0.2, 0.25) is 0 Å². The van der Waals surface area contributed by atoms with Gasteiger partial charge in [-0.15, -0.1) is 0 Å². The van der Waals surface area contributed by atoms with Gasteiger partial charge in [-0.25, -0.2) is 0 Å². The van der Waals surface area contributed by atoms with Crippen LogP contribution >= 0.6 is 0 Å². The molecule has 1 amide bonds. The van der Waals surface area contributed by atoms with E-state index in [-0.39, 0.29) is 11.9 Å². The van der Waals surface area contributed by atoms with E-state index in [1.807, 2.05) is 42.5 Å². The van der Waals surface area contributed by atoms with Gasteiger partial charge >= 0.3 is 0 Å². The normalized spacial score (nSPS) is 16.8. The molecule has 1 N–H and O–H groups in total. The summed E-state index contributed by atoms with van der Waals surface area (Å²) in [5.74, 6) is 1.62. The summed E-state index contributed by atoms with van der Waals surface area (Å²) in [7, 11) is 1.68. The lowest BCUT2D eigenvalue weighted by atomic mass is 9.95. The number of carbonyl (C=O) groups is 1. The highest BCUT2D eigenvalue weighted by atomic mass is 16.5. The van der Waals surface area contributed by atoms with Gasteiger partial charge in [-0.1, -0.05) is 37.3 Å². The lowest BCUT2D eigenvalue weighted by Crippen LogP contribution is -2.42. The van der Waals surface area contributed by atoms with Gasteiger partial charge < -0.3 is 10.1 Å². The minimum Gasteiger partial charge on any atom is -0.497 e. The van der Waals surface area contributed by atoms with Crippen molar-refractivity contribution in [1.82, 2.24) is 10.2 Å². The van der Waals surface area contributed by atoms with Crippen LogP contribution < -0.4 is 10.1 Å². The summed E-state index contributed by atoms with van der Waals surface area (Å²) in [6.07, 6.45) is 2.42. The van der Waals surface area contributed by atoms with E-state index >= 15 is 0 Å². The van der Waals surface area contributed by atoms with Crippen LogP contribution in [-0.4, -0.2) is 37.6 Å². The average molecular weight is 352 g/mol. The molecule has 1 atom stereocenters. The maximum absolute atomic E-state index is 12.5. The minimum absolute atomic E-state index is 0.0190. The van der Waals surface area contributed by atoms with Crippen LogP contribution in [0.5, 0.6) is 5.75 Å². The first kappa shape index (κ1) is 18.5. The molecular weight excluding hydrogens is 324 g/mol. The highest BCUT2D eigenvalue weighted by Crippen LogP contribution is 2.27. The summed E-state index contributed by atoms with van der Waals surface area (Å²) >= 11 is 0. The highest BCUT2D eigenvalue weighted by molar-refractivity contribution is 5.94. The summed E-state index contributed by atoms with van der Waals surface area (Å²) in [5, 5.41) is 3.12. The molecule has 0 radical (unpaired) electrons. The van der Waals surface area contributed by atoms with Crippen molar-refractivity contribution in [3.05, 3.63) is 65.7 Å². The van der Waals surface area contributed by atoms with Crippen LogP contribution in [0, 0.1) is 5.92 Å². The SMILES string of the molecule is COc1ccc(C(CNC(=O)c2ccccc2)N2CCC(C)CC2)cc1. The van der Waals surface area contributed by atoms with Crippen LogP contribution in [0.4, 0.5) is 0 Å². The van der Waals surface area contributed by atoms with Gasteiger partial charge in [0.05, 0.1) is 13.2 Å². The van der Waals surface area contributed by atoms with Gasteiger partial charge in [0.2, 0.25) is 0 Å². The maximum atomic E-state index is 12.5. The van der Waals surface area contributed by atoms with Gasteiger partial charge in [0.1, 0.15) is 5.75 Å². The van der Waals surface area contributed by atoms with E-state index in [2.05, 4.69) is 29.3 Å². The topological polar surface area (TPSA) is 41.6 Å². The van der Waals surface area contributed by atoms with E-state index in [9.17, 15) is 4.79 Å². The molecule has 4 nitrogen and oxygen atoms in total. The van der Waals surface area contributed by atoms with Gasteiger partial charge in [0.25, 0.3) is 5.91 Å². The second kappa shape index (κ2) is 8.86. The summed E-state index contributed by atoms with van der Waals surface area (Å²) in [6.45, 7) is 5.06. The van der Waals surface area contributed by atoms with Crippen molar-refractivity contribution in [1.29, 1.82) is 0 Å². The molecule has 1 unspecified atom stereocenters. The molecular formula is C22H28N2O2. The number of ether oxygens (including phenoxy) is 1. The molecule has 1 fully saturated rings. The summed E-state index contributed by atoms with van der Waals surface area (Å²) in [6, 6.07) is 17.8. The van der Waals surface area contributed by atoms with Crippen molar-refractivity contribution in [2.45, 2.75) is 25.8 Å². The fourth-order valence-electron chi connectivity index (χ4n) is 3.51. The van der Waals surface area contributed by atoms with Gasteiger partial charge in [0, 0.05) is 12.1 Å². The number of hydrogen-bond acceptors (Lipinski definition) is 3. The largest absolute Gasteiger partial charge is 0.497 e. The van der Waals surface area contributed by atoms with Crippen molar-refractivity contribution in [2.24, 2.45) is 5.92 Å². The first-order chi connectivity index (χ1) is 12.7. The predicted molar refractivity (Wildman–Crippen MR) is 104 cm³/mol. The monoisotopic (exact) mass is 352 g/mol. The fraction of sp³-hybridized carbons (Fsp3) is 0.409. The molecule has 26 heavy (non-hydrogen) atoms. The van der Waals surface area contributed by atoms with Crippen LogP contribution in [-0.2, 0) is 0 Å². The van der Waals surface area contributed by atoms with E-state index in [4.69, 9.17) is 4.74 Å². The van der Waals surface area contributed by atoms with Gasteiger partial charge in [0.15, 0.2) is 0 Å². The molecule has 1 aliphatic heterocycles. The molecule has 1 aliphatic rings. The number of piperidine rings is 1. The molecule has 2 aromatic rings. The quantitative estimate of drug-likeness (QED) is 0.857. The zero-order valence-corrected chi connectivity index (χ0v) is 15.7. The standard InChI is InChI=1S/C22H28N2O2/c1-17-12-14-24(15-13-17)21(18-8-10-20(26-2)11-9-18)16-23-22(25)19-6-4-3-5-7-19/h3-11,17,21H,12-16H2,1-2H3,(H,23,25). The van der Waals surface area contributed by atoms with Crippen LogP contribution in [0.15, 0.2) is 54.6 Å². The molecule has 138 valence electrons. The third kappa shape index (κ3) is 4.64. The van der Waals surface area contributed by atoms with Gasteiger partial charge in [-0.3, -0.25) is 9.69 Å². The van der Waals surface area contributed by atoms with E-state index in [1.165, 1.54) is 18.4 Å². The Kier molecular flexibility index (Phi) is 6.29. The number of likely N-dealkylation sites (tertiary alicyclic amines) is 1. The van der Waals surface area contributed by atoms with Crippen LogP contribution in [0.25, 0.3) is 0 Å². The van der Waals surface area contributed by atoms with Crippen molar-refractivity contribution in [3.8, 4) is 5.75 Å². The molecule has 1 heterocycles.